The van der Waals surface area contributed by atoms with Crippen LogP contribution in [-0.2, 0) is 0 Å². The topological polar surface area (TPSA) is 0 Å². The summed E-state index contributed by atoms with van der Waals surface area (Å²) < 4.78 is 1.36. The number of hydrogen-bond acceptors (Lipinski definition) is 0. The molecule has 1 heteroatoms. The smallest absolute Gasteiger partial charge is 0.0786 e. The zero-order valence-electron chi connectivity index (χ0n) is 10.8. The minimum absolute atomic E-state index is 1.25. The average molecular weight is 200 g/mol. The van der Waals surface area contributed by atoms with E-state index < -0.39 is 0 Å². The Bertz CT molecular complexity index is 114. The van der Waals surface area contributed by atoms with E-state index in [1.807, 2.05) is 0 Å². The van der Waals surface area contributed by atoms with Gasteiger partial charge in [0.1, 0.15) is 0 Å². The van der Waals surface area contributed by atoms with Crippen LogP contribution in [0.5, 0.6) is 0 Å². The molecule has 0 radical (unpaired) electrons. The van der Waals surface area contributed by atoms with Crippen LogP contribution in [0.4, 0.5) is 0 Å². The molecule has 14 heavy (non-hydrogen) atoms. The van der Waals surface area contributed by atoms with Crippen molar-refractivity contribution in [3.8, 4) is 0 Å². The Morgan fingerprint density at radius 1 is 0.929 bits per heavy atom. The van der Waals surface area contributed by atoms with Gasteiger partial charge in [-0.2, -0.15) is 0 Å². The molecule has 0 saturated carbocycles. The van der Waals surface area contributed by atoms with Gasteiger partial charge in [0, 0.05) is 12.8 Å². The molecule has 0 bridgehead atoms. The van der Waals surface area contributed by atoms with Crippen LogP contribution in [0.25, 0.3) is 0 Å². The maximum Gasteiger partial charge on any atom is 0.0786 e. The van der Waals surface area contributed by atoms with E-state index in [4.69, 9.17) is 0 Å². The molecule has 0 atom stereocenters. The molecule has 0 aromatic heterocycles. The SMILES string of the molecule is CCC.CCCCC[N+]1(C)CCCC1. The number of nitrogens with zero attached hydrogens (tertiary/aromatic N) is 1. The van der Waals surface area contributed by atoms with Crippen LogP contribution in [0, 0.1) is 0 Å². The summed E-state index contributed by atoms with van der Waals surface area (Å²) in [5.74, 6) is 0. The number of quaternary nitrogens is 1. The molecular formula is C13H30N+. The Morgan fingerprint density at radius 3 is 1.86 bits per heavy atom. The molecular weight excluding hydrogens is 170 g/mol. The van der Waals surface area contributed by atoms with E-state index in [0.717, 1.165) is 0 Å². The fourth-order valence-corrected chi connectivity index (χ4v) is 2.07. The molecule has 0 aromatic rings. The summed E-state index contributed by atoms with van der Waals surface area (Å²) in [6, 6.07) is 0. The minimum Gasteiger partial charge on any atom is -0.326 e. The molecule has 0 unspecified atom stereocenters. The maximum absolute atomic E-state index is 2.42. The Balaban J connectivity index is 0.000000500. The molecule has 1 saturated heterocycles. The fraction of sp³-hybridized carbons (Fsp3) is 1.00. The van der Waals surface area contributed by atoms with Gasteiger partial charge in [-0.3, -0.25) is 0 Å². The van der Waals surface area contributed by atoms with Gasteiger partial charge in [0.05, 0.1) is 26.7 Å². The van der Waals surface area contributed by atoms with Crippen molar-refractivity contribution in [1.82, 2.24) is 0 Å². The summed E-state index contributed by atoms with van der Waals surface area (Å²) in [5, 5.41) is 0. The molecule has 1 aliphatic rings. The van der Waals surface area contributed by atoms with Gasteiger partial charge in [0.15, 0.2) is 0 Å². The molecule has 0 aromatic carbocycles. The van der Waals surface area contributed by atoms with Crippen molar-refractivity contribution < 1.29 is 4.48 Å². The van der Waals surface area contributed by atoms with Crippen LogP contribution in [-0.4, -0.2) is 31.2 Å². The lowest BCUT2D eigenvalue weighted by atomic mass is 10.2. The molecule has 0 spiro atoms. The quantitative estimate of drug-likeness (QED) is 0.478. The molecule has 1 fully saturated rings. The standard InChI is InChI=1S/C10H22N.C3H8/c1-3-4-5-8-11(2)9-6-7-10-11;1-3-2/h3-10H2,1-2H3;3H2,1-2H3/q+1;. The van der Waals surface area contributed by atoms with E-state index >= 15 is 0 Å². The van der Waals surface area contributed by atoms with Gasteiger partial charge in [0.25, 0.3) is 0 Å². The third-order valence-electron chi connectivity index (χ3n) is 2.95. The third kappa shape index (κ3) is 6.42. The van der Waals surface area contributed by atoms with Gasteiger partial charge in [-0.05, 0) is 12.8 Å². The number of likely N-dealkylation sites (tertiary alicyclic amines) is 1. The van der Waals surface area contributed by atoms with Crippen LogP contribution in [0.2, 0.25) is 0 Å². The molecule has 1 heterocycles. The zero-order valence-corrected chi connectivity index (χ0v) is 10.8. The first-order valence-corrected chi connectivity index (χ1v) is 6.52. The second-order valence-electron chi connectivity index (χ2n) is 4.91. The molecule has 0 N–H and O–H groups in total. The van der Waals surface area contributed by atoms with E-state index in [2.05, 4.69) is 27.8 Å². The Labute approximate surface area is 91.1 Å². The van der Waals surface area contributed by atoms with E-state index in [-0.39, 0.29) is 0 Å². The van der Waals surface area contributed by atoms with E-state index in [0.29, 0.717) is 0 Å². The van der Waals surface area contributed by atoms with Gasteiger partial charge in [0.2, 0.25) is 0 Å². The van der Waals surface area contributed by atoms with Crippen LogP contribution in [0.1, 0.15) is 59.3 Å². The second kappa shape index (κ2) is 8.28. The largest absolute Gasteiger partial charge is 0.326 e. The Morgan fingerprint density at radius 2 is 1.43 bits per heavy atom. The number of rotatable bonds is 4. The van der Waals surface area contributed by atoms with Gasteiger partial charge >= 0.3 is 0 Å². The highest BCUT2D eigenvalue weighted by atomic mass is 15.3. The van der Waals surface area contributed by atoms with Crippen molar-refractivity contribution in [1.29, 1.82) is 0 Å². The number of unbranched alkanes of at least 4 members (excludes halogenated alkanes) is 2. The Kier molecular flexibility index (Phi) is 8.26. The third-order valence-corrected chi connectivity index (χ3v) is 2.95. The van der Waals surface area contributed by atoms with Crippen molar-refractivity contribution in [2.24, 2.45) is 0 Å². The summed E-state index contributed by atoms with van der Waals surface area (Å²) in [6.07, 6.45) is 8.39. The number of hydrogen-bond donors (Lipinski definition) is 0. The lowest BCUT2D eigenvalue weighted by Gasteiger charge is -2.28. The molecule has 1 nitrogen and oxygen atoms in total. The normalized spacial score (nSPS) is 18.9. The van der Waals surface area contributed by atoms with Gasteiger partial charge in [-0.15, -0.1) is 0 Å². The summed E-state index contributed by atoms with van der Waals surface area (Å²) in [5.41, 5.74) is 0. The molecule has 1 aliphatic heterocycles. The van der Waals surface area contributed by atoms with Crippen molar-refractivity contribution >= 4 is 0 Å². The second-order valence-corrected chi connectivity index (χ2v) is 4.91. The monoisotopic (exact) mass is 200 g/mol. The first-order valence-electron chi connectivity index (χ1n) is 6.52. The predicted octanol–water partition coefficient (Wildman–Crippen LogP) is 3.83. The lowest BCUT2D eigenvalue weighted by molar-refractivity contribution is -0.897. The highest BCUT2D eigenvalue weighted by molar-refractivity contribution is 4.51. The average Bonchev–Trinajstić information content (AvgIpc) is 2.54. The highest BCUT2D eigenvalue weighted by Crippen LogP contribution is 2.17. The first-order chi connectivity index (χ1) is 6.68. The van der Waals surface area contributed by atoms with Crippen LogP contribution < -0.4 is 0 Å². The van der Waals surface area contributed by atoms with E-state index in [1.165, 1.54) is 62.6 Å². The molecule has 0 amide bonds. The highest BCUT2D eigenvalue weighted by Gasteiger charge is 2.25. The van der Waals surface area contributed by atoms with Crippen LogP contribution in [0.3, 0.4) is 0 Å². The Hall–Kier alpha value is -0.0400. The fourth-order valence-electron chi connectivity index (χ4n) is 2.07. The van der Waals surface area contributed by atoms with Gasteiger partial charge < -0.3 is 4.48 Å². The molecule has 1 rings (SSSR count). The lowest BCUT2D eigenvalue weighted by Crippen LogP contribution is -2.41. The van der Waals surface area contributed by atoms with Crippen LogP contribution in [0.15, 0.2) is 0 Å². The predicted molar refractivity (Wildman–Crippen MR) is 65.5 cm³/mol. The van der Waals surface area contributed by atoms with Gasteiger partial charge in [-0.25, -0.2) is 0 Å². The minimum atomic E-state index is 1.25. The van der Waals surface area contributed by atoms with Crippen LogP contribution >= 0.6 is 0 Å². The van der Waals surface area contributed by atoms with E-state index in [1.54, 1.807) is 0 Å². The van der Waals surface area contributed by atoms with Crippen molar-refractivity contribution in [3.63, 3.8) is 0 Å². The summed E-state index contributed by atoms with van der Waals surface area (Å²) in [4.78, 5) is 0. The summed E-state index contributed by atoms with van der Waals surface area (Å²) in [7, 11) is 2.42. The van der Waals surface area contributed by atoms with E-state index in [9.17, 15) is 0 Å². The summed E-state index contributed by atoms with van der Waals surface area (Å²) in [6.45, 7) is 10.8. The molecule has 86 valence electrons. The van der Waals surface area contributed by atoms with Crippen molar-refractivity contribution in [2.75, 3.05) is 26.7 Å². The van der Waals surface area contributed by atoms with Gasteiger partial charge in [-0.1, -0.05) is 33.6 Å². The van der Waals surface area contributed by atoms with Crippen molar-refractivity contribution in [2.45, 2.75) is 59.3 Å². The maximum atomic E-state index is 2.42. The first kappa shape index (κ1) is 14.0. The zero-order chi connectivity index (χ0) is 10.9. The van der Waals surface area contributed by atoms with Crippen molar-refractivity contribution in [3.05, 3.63) is 0 Å². The molecule has 0 aliphatic carbocycles. The summed E-state index contributed by atoms with van der Waals surface area (Å²) >= 11 is 0.